The van der Waals surface area contributed by atoms with E-state index in [0.717, 1.165) is 25.2 Å². The van der Waals surface area contributed by atoms with Crippen LogP contribution in [0.1, 0.15) is 30.7 Å². The Morgan fingerprint density at radius 2 is 1.92 bits per heavy atom. The topological polar surface area (TPSA) is 36.4 Å². The fourth-order valence-electron chi connectivity index (χ4n) is 3.85. The molecule has 1 aromatic carbocycles. The number of para-hydroxylation sites is 1. The maximum Gasteiger partial charge on any atom is 0.230 e. The average molecular weight is 335 g/mol. The van der Waals surface area contributed by atoms with E-state index in [2.05, 4.69) is 16.0 Å². The van der Waals surface area contributed by atoms with Crippen molar-refractivity contribution in [3.05, 3.63) is 60.4 Å². The number of aromatic nitrogens is 1. The van der Waals surface area contributed by atoms with Crippen molar-refractivity contribution in [2.45, 2.75) is 25.2 Å². The van der Waals surface area contributed by atoms with E-state index < -0.39 is 0 Å². The number of anilines is 1. The standard InChI is InChI=1S/C21H25N3O/c25-21(20-15-19(20)17-7-6-10-22-16-17)24(18-8-2-1-3-9-18)14-13-23-11-4-5-12-23/h1-3,6-10,16,19-20H,4-5,11-15H2/t19-,20-/m1/s1. The Kier molecular flexibility index (Phi) is 4.79. The number of amides is 1. The predicted octanol–water partition coefficient (Wildman–Crippen LogP) is 3.31. The summed E-state index contributed by atoms with van der Waals surface area (Å²) in [6.07, 6.45) is 7.19. The predicted molar refractivity (Wildman–Crippen MR) is 99.6 cm³/mol. The van der Waals surface area contributed by atoms with Gasteiger partial charge in [-0.15, -0.1) is 0 Å². The largest absolute Gasteiger partial charge is 0.311 e. The van der Waals surface area contributed by atoms with Crippen LogP contribution in [0.4, 0.5) is 5.69 Å². The molecule has 2 aliphatic rings. The zero-order valence-electron chi connectivity index (χ0n) is 14.6. The normalized spacial score (nSPS) is 22.7. The second-order valence-corrected chi connectivity index (χ2v) is 7.11. The molecule has 2 heterocycles. The third-order valence-corrected chi connectivity index (χ3v) is 5.39. The summed E-state index contributed by atoms with van der Waals surface area (Å²) in [7, 11) is 0. The number of rotatable bonds is 6. The summed E-state index contributed by atoms with van der Waals surface area (Å²) in [6.45, 7) is 4.07. The Balaban J connectivity index is 1.46. The van der Waals surface area contributed by atoms with Crippen molar-refractivity contribution in [2.24, 2.45) is 5.92 Å². The number of nitrogens with zero attached hydrogens (tertiary/aromatic N) is 3. The van der Waals surface area contributed by atoms with Crippen LogP contribution in [0.5, 0.6) is 0 Å². The van der Waals surface area contributed by atoms with Crippen LogP contribution in [0, 0.1) is 5.92 Å². The van der Waals surface area contributed by atoms with Crippen LogP contribution < -0.4 is 4.90 Å². The molecule has 4 rings (SSSR count). The molecule has 0 unspecified atom stereocenters. The highest BCUT2D eigenvalue weighted by Crippen LogP contribution is 2.48. The molecule has 1 aromatic heterocycles. The Morgan fingerprint density at radius 1 is 1.12 bits per heavy atom. The Labute approximate surface area is 149 Å². The van der Waals surface area contributed by atoms with Crippen molar-refractivity contribution in [2.75, 3.05) is 31.1 Å². The Hall–Kier alpha value is -2.20. The Bertz CT molecular complexity index is 698. The van der Waals surface area contributed by atoms with Crippen LogP contribution in [0.15, 0.2) is 54.9 Å². The first-order valence-electron chi connectivity index (χ1n) is 9.31. The zero-order chi connectivity index (χ0) is 17.1. The van der Waals surface area contributed by atoms with E-state index in [0.29, 0.717) is 5.92 Å². The van der Waals surface area contributed by atoms with E-state index in [-0.39, 0.29) is 11.8 Å². The van der Waals surface area contributed by atoms with E-state index in [9.17, 15) is 4.79 Å². The molecule has 0 N–H and O–H groups in total. The van der Waals surface area contributed by atoms with Crippen molar-refractivity contribution < 1.29 is 4.79 Å². The third kappa shape index (κ3) is 3.74. The van der Waals surface area contributed by atoms with Gasteiger partial charge in [-0.2, -0.15) is 0 Å². The molecule has 0 bridgehead atoms. The van der Waals surface area contributed by atoms with Crippen molar-refractivity contribution in [3.63, 3.8) is 0 Å². The van der Waals surface area contributed by atoms with Gasteiger partial charge in [-0.25, -0.2) is 0 Å². The summed E-state index contributed by atoms with van der Waals surface area (Å²) >= 11 is 0. The summed E-state index contributed by atoms with van der Waals surface area (Å²) in [4.78, 5) is 21.8. The quantitative estimate of drug-likeness (QED) is 0.812. The minimum atomic E-state index is 0.1000. The van der Waals surface area contributed by atoms with Crippen LogP contribution in [-0.2, 0) is 4.79 Å². The van der Waals surface area contributed by atoms with Gasteiger partial charge in [0.2, 0.25) is 5.91 Å². The summed E-state index contributed by atoms with van der Waals surface area (Å²) in [5.74, 6) is 0.696. The molecule has 1 aliphatic carbocycles. The zero-order valence-corrected chi connectivity index (χ0v) is 14.6. The van der Waals surface area contributed by atoms with Crippen LogP contribution in [0.25, 0.3) is 0 Å². The van der Waals surface area contributed by atoms with E-state index in [1.807, 2.05) is 47.5 Å². The van der Waals surface area contributed by atoms with E-state index in [1.54, 1.807) is 6.20 Å². The van der Waals surface area contributed by atoms with Gasteiger partial charge in [0.25, 0.3) is 0 Å². The van der Waals surface area contributed by atoms with Crippen LogP contribution in [-0.4, -0.2) is 42.0 Å². The number of hydrogen-bond donors (Lipinski definition) is 0. The number of carbonyl (C=O) groups excluding carboxylic acids is 1. The first-order chi connectivity index (χ1) is 12.3. The lowest BCUT2D eigenvalue weighted by Gasteiger charge is -2.26. The lowest BCUT2D eigenvalue weighted by molar-refractivity contribution is -0.119. The molecule has 1 amide bonds. The van der Waals surface area contributed by atoms with Gasteiger partial charge in [-0.3, -0.25) is 9.78 Å². The molecule has 2 fully saturated rings. The molecule has 1 aliphatic heterocycles. The second-order valence-electron chi connectivity index (χ2n) is 7.11. The monoisotopic (exact) mass is 335 g/mol. The fraction of sp³-hybridized carbons (Fsp3) is 0.429. The van der Waals surface area contributed by atoms with E-state index in [4.69, 9.17) is 0 Å². The molecule has 0 radical (unpaired) electrons. The number of pyridine rings is 1. The first kappa shape index (κ1) is 16.3. The molecule has 1 saturated carbocycles. The van der Waals surface area contributed by atoms with Gasteiger partial charge in [-0.1, -0.05) is 24.3 Å². The van der Waals surface area contributed by atoms with Crippen LogP contribution in [0.2, 0.25) is 0 Å². The summed E-state index contributed by atoms with van der Waals surface area (Å²) < 4.78 is 0. The maximum atomic E-state index is 13.2. The van der Waals surface area contributed by atoms with E-state index >= 15 is 0 Å². The maximum absolute atomic E-state index is 13.2. The number of carbonyl (C=O) groups is 1. The SMILES string of the molecule is O=C([C@@H]1C[C@@H]1c1cccnc1)N(CCN1CCCC1)c1ccccc1. The van der Waals surface area contributed by atoms with Crippen molar-refractivity contribution in [1.82, 2.24) is 9.88 Å². The smallest absolute Gasteiger partial charge is 0.230 e. The molecule has 1 saturated heterocycles. The lowest BCUT2D eigenvalue weighted by atomic mass is 10.1. The molecular formula is C21H25N3O. The van der Waals surface area contributed by atoms with Gasteiger partial charge in [-0.05, 0) is 62.0 Å². The third-order valence-electron chi connectivity index (χ3n) is 5.39. The Morgan fingerprint density at radius 3 is 2.64 bits per heavy atom. The molecule has 25 heavy (non-hydrogen) atoms. The second kappa shape index (κ2) is 7.36. The molecular weight excluding hydrogens is 310 g/mol. The van der Waals surface area contributed by atoms with Crippen molar-refractivity contribution in [3.8, 4) is 0 Å². The average Bonchev–Trinajstić information content (AvgIpc) is 3.31. The number of benzene rings is 1. The molecule has 2 atom stereocenters. The first-order valence-corrected chi connectivity index (χ1v) is 9.31. The highest BCUT2D eigenvalue weighted by atomic mass is 16.2. The lowest BCUT2D eigenvalue weighted by Crippen LogP contribution is -2.39. The highest BCUT2D eigenvalue weighted by Gasteiger charge is 2.46. The summed E-state index contributed by atoms with van der Waals surface area (Å²) in [5.41, 5.74) is 2.21. The van der Waals surface area contributed by atoms with Gasteiger partial charge in [0.15, 0.2) is 0 Å². The molecule has 130 valence electrons. The highest BCUT2D eigenvalue weighted by molar-refractivity contribution is 5.97. The van der Waals surface area contributed by atoms with Crippen molar-refractivity contribution in [1.29, 1.82) is 0 Å². The molecule has 4 heteroatoms. The minimum Gasteiger partial charge on any atom is -0.311 e. The van der Waals surface area contributed by atoms with Gasteiger partial charge >= 0.3 is 0 Å². The molecule has 4 nitrogen and oxygen atoms in total. The van der Waals surface area contributed by atoms with Gasteiger partial charge in [0, 0.05) is 37.1 Å². The van der Waals surface area contributed by atoms with Crippen LogP contribution >= 0.6 is 0 Å². The van der Waals surface area contributed by atoms with Gasteiger partial charge < -0.3 is 9.80 Å². The fourth-order valence-corrected chi connectivity index (χ4v) is 3.85. The van der Waals surface area contributed by atoms with Crippen LogP contribution in [0.3, 0.4) is 0 Å². The minimum absolute atomic E-state index is 0.1000. The number of likely N-dealkylation sites (tertiary alicyclic amines) is 1. The van der Waals surface area contributed by atoms with Gasteiger partial charge in [0.05, 0.1) is 0 Å². The molecule has 2 aromatic rings. The van der Waals surface area contributed by atoms with Gasteiger partial charge in [0.1, 0.15) is 0 Å². The van der Waals surface area contributed by atoms with Crippen molar-refractivity contribution >= 4 is 11.6 Å². The van der Waals surface area contributed by atoms with E-state index in [1.165, 1.54) is 31.5 Å². The summed E-state index contributed by atoms with van der Waals surface area (Å²) in [5, 5.41) is 0. The summed E-state index contributed by atoms with van der Waals surface area (Å²) in [6, 6.07) is 14.2. The number of hydrogen-bond acceptors (Lipinski definition) is 3. The molecule has 0 spiro atoms.